The second-order valence-electron chi connectivity index (χ2n) is 6.49. The first-order valence-electron chi connectivity index (χ1n) is 6.27. The smallest absolute Gasteiger partial charge is 0.410 e. The van der Waals surface area contributed by atoms with E-state index in [1.807, 2.05) is 34.6 Å². The second kappa shape index (κ2) is 4.84. The molecule has 0 spiro atoms. The molecule has 100 valence electrons. The summed E-state index contributed by atoms with van der Waals surface area (Å²) in [6.07, 6.45) is 1.43. The number of carbonyl (C=O) groups is 1. The Morgan fingerprint density at radius 1 is 1.47 bits per heavy atom. The van der Waals surface area contributed by atoms with Crippen LogP contribution in [-0.4, -0.2) is 40.4 Å². The van der Waals surface area contributed by atoms with Crippen molar-refractivity contribution in [2.45, 2.75) is 58.6 Å². The SMILES string of the molecule is CC(C)(C)OC(=O)N1C[C@H](CCO)CC1(C)C. The molecule has 1 heterocycles. The lowest BCUT2D eigenvalue weighted by atomic mass is 9.95. The first-order chi connectivity index (χ1) is 7.65. The van der Waals surface area contributed by atoms with Crippen LogP contribution in [-0.2, 0) is 4.74 Å². The predicted molar refractivity (Wildman–Crippen MR) is 66.8 cm³/mol. The van der Waals surface area contributed by atoms with E-state index in [9.17, 15) is 4.79 Å². The summed E-state index contributed by atoms with van der Waals surface area (Å²) in [7, 11) is 0. The van der Waals surface area contributed by atoms with E-state index < -0.39 is 5.60 Å². The molecule has 0 unspecified atom stereocenters. The van der Waals surface area contributed by atoms with Gasteiger partial charge in [0, 0.05) is 18.7 Å². The van der Waals surface area contributed by atoms with Gasteiger partial charge >= 0.3 is 6.09 Å². The van der Waals surface area contributed by atoms with E-state index in [1.165, 1.54) is 0 Å². The molecule has 0 radical (unpaired) electrons. The van der Waals surface area contributed by atoms with Gasteiger partial charge < -0.3 is 14.7 Å². The van der Waals surface area contributed by atoms with Gasteiger partial charge in [-0.15, -0.1) is 0 Å². The van der Waals surface area contributed by atoms with Gasteiger partial charge in [-0.3, -0.25) is 0 Å². The van der Waals surface area contributed by atoms with Crippen LogP contribution >= 0.6 is 0 Å². The highest BCUT2D eigenvalue weighted by Gasteiger charge is 2.42. The second-order valence-corrected chi connectivity index (χ2v) is 6.49. The fraction of sp³-hybridized carbons (Fsp3) is 0.923. The van der Waals surface area contributed by atoms with Gasteiger partial charge in [-0.2, -0.15) is 0 Å². The topological polar surface area (TPSA) is 49.8 Å². The summed E-state index contributed by atoms with van der Waals surface area (Å²) in [5.74, 6) is 0.377. The van der Waals surface area contributed by atoms with Gasteiger partial charge in [-0.1, -0.05) is 0 Å². The Bertz CT molecular complexity index is 281. The zero-order valence-electron chi connectivity index (χ0n) is 11.6. The number of ether oxygens (including phenoxy) is 1. The molecule has 1 saturated heterocycles. The fourth-order valence-corrected chi connectivity index (χ4v) is 2.40. The summed E-state index contributed by atoms with van der Waals surface area (Å²) in [4.78, 5) is 13.9. The average Bonchev–Trinajstić information content (AvgIpc) is 2.38. The van der Waals surface area contributed by atoms with Crippen LogP contribution in [0.4, 0.5) is 4.79 Å². The Hall–Kier alpha value is -0.770. The third kappa shape index (κ3) is 3.87. The number of carbonyl (C=O) groups excluding carboxylic acids is 1. The van der Waals surface area contributed by atoms with Crippen molar-refractivity contribution in [3.63, 3.8) is 0 Å². The lowest BCUT2D eigenvalue weighted by Crippen LogP contribution is -2.45. The molecular formula is C13H25NO3. The molecule has 4 nitrogen and oxygen atoms in total. The van der Waals surface area contributed by atoms with Gasteiger partial charge in [-0.25, -0.2) is 4.79 Å². The van der Waals surface area contributed by atoms with E-state index in [2.05, 4.69) is 0 Å². The number of likely N-dealkylation sites (tertiary alicyclic amines) is 1. The summed E-state index contributed by atoms with van der Waals surface area (Å²) in [6.45, 7) is 10.6. The predicted octanol–water partition coefficient (Wildman–Crippen LogP) is 2.40. The summed E-state index contributed by atoms with van der Waals surface area (Å²) in [5.41, 5.74) is -0.635. The molecule has 1 N–H and O–H groups in total. The average molecular weight is 243 g/mol. The minimum atomic E-state index is -0.456. The van der Waals surface area contributed by atoms with Crippen LogP contribution in [0.15, 0.2) is 0 Å². The highest BCUT2D eigenvalue weighted by molar-refractivity contribution is 5.69. The summed E-state index contributed by atoms with van der Waals surface area (Å²) >= 11 is 0. The maximum atomic E-state index is 12.1. The fourth-order valence-electron chi connectivity index (χ4n) is 2.40. The molecule has 17 heavy (non-hydrogen) atoms. The number of aliphatic hydroxyl groups excluding tert-OH is 1. The van der Waals surface area contributed by atoms with Crippen LogP contribution in [0.1, 0.15) is 47.5 Å². The van der Waals surface area contributed by atoms with E-state index in [0.717, 1.165) is 12.8 Å². The molecule has 1 aliphatic heterocycles. The summed E-state index contributed by atoms with van der Waals surface area (Å²) < 4.78 is 5.41. The molecule has 1 aliphatic rings. The standard InChI is InChI=1S/C13H25NO3/c1-12(2,3)17-11(16)14-9-10(6-7-15)8-13(14,4)5/h10,15H,6-9H2,1-5H3/t10-/m1/s1. The Labute approximate surface area is 104 Å². The van der Waals surface area contributed by atoms with E-state index in [-0.39, 0.29) is 18.2 Å². The molecule has 1 rings (SSSR count). The van der Waals surface area contributed by atoms with Crippen LogP contribution in [0.5, 0.6) is 0 Å². The van der Waals surface area contributed by atoms with Gasteiger partial charge in [0.05, 0.1) is 0 Å². The molecule has 0 bridgehead atoms. The van der Waals surface area contributed by atoms with Gasteiger partial charge in [-0.05, 0) is 53.4 Å². The van der Waals surface area contributed by atoms with Gasteiger partial charge in [0.2, 0.25) is 0 Å². The monoisotopic (exact) mass is 243 g/mol. The number of amides is 1. The molecule has 0 saturated carbocycles. The van der Waals surface area contributed by atoms with Crippen LogP contribution in [0, 0.1) is 5.92 Å². The van der Waals surface area contributed by atoms with E-state index >= 15 is 0 Å². The van der Waals surface area contributed by atoms with Crippen molar-refractivity contribution in [3.8, 4) is 0 Å². The quantitative estimate of drug-likeness (QED) is 0.810. The van der Waals surface area contributed by atoms with Crippen molar-refractivity contribution in [1.82, 2.24) is 4.90 Å². The van der Waals surface area contributed by atoms with Crippen molar-refractivity contribution >= 4 is 6.09 Å². The van der Waals surface area contributed by atoms with Crippen molar-refractivity contribution in [2.24, 2.45) is 5.92 Å². The zero-order valence-corrected chi connectivity index (χ0v) is 11.6. The number of rotatable bonds is 2. The van der Waals surface area contributed by atoms with Gasteiger partial charge in [0.1, 0.15) is 5.60 Å². The Kier molecular flexibility index (Phi) is 4.07. The van der Waals surface area contributed by atoms with E-state index in [0.29, 0.717) is 12.5 Å². The first kappa shape index (κ1) is 14.3. The maximum Gasteiger partial charge on any atom is 0.410 e. The minimum Gasteiger partial charge on any atom is -0.444 e. The Balaban J connectivity index is 2.67. The van der Waals surface area contributed by atoms with E-state index in [4.69, 9.17) is 9.84 Å². The number of aliphatic hydroxyl groups is 1. The van der Waals surface area contributed by atoms with Crippen molar-refractivity contribution < 1.29 is 14.6 Å². The minimum absolute atomic E-state index is 0.178. The third-order valence-corrected chi connectivity index (χ3v) is 3.11. The van der Waals surface area contributed by atoms with Crippen molar-refractivity contribution in [1.29, 1.82) is 0 Å². The first-order valence-corrected chi connectivity index (χ1v) is 6.27. The highest BCUT2D eigenvalue weighted by Crippen LogP contribution is 2.35. The summed E-state index contributed by atoms with van der Waals surface area (Å²) in [5, 5.41) is 8.97. The van der Waals surface area contributed by atoms with Crippen molar-refractivity contribution in [2.75, 3.05) is 13.2 Å². The van der Waals surface area contributed by atoms with Crippen LogP contribution in [0.3, 0.4) is 0 Å². The zero-order chi connectivity index (χ0) is 13.3. The molecule has 0 aromatic rings. The number of hydrogen-bond acceptors (Lipinski definition) is 3. The molecule has 1 atom stereocenters. The third-order valence-electron chi connectivity index (χ3n) is 3.11. The molecular weight excluding hydrogens is 218 g/mol. The van der Waals surface area contributed by atoms with Crippen LogP contribution in [0.25, 0.3) is 0 Å². The molecule has 4 heteroatoms. The van der Waals surface area contributed by atoms with Crippen LogP contribution in [0.2, 0.25) is 0 Å². The summed E-state index contributed by atoms with van der Waals surface area (Å²) in [6, 6.07) is 0. The van der Waals surface area contributed by atoms with Gasteiger partial charge in [0.25, 0.3) is 0 Å². The number of nitrogens with zero attached hydrogens (tertiary/aromatic N) is 1. The lowest BCUT2D eigenvalue weighted by Gasteiger charge is -2.33. The molecule has 1 fully saturated rings. The largest absolute Gasteiger partial charge is 0.444 e. The molecule has 1 amide bonds. The molecule has 0 aromatic heterocycles. The normalized spacial score (nSPS) is 23.9. The van der Waals surface area contributed by atoms with Gasteiger partial charge in [0.15, 0.2) is 0 Å². The maximum absolute atomic E-state index is 12.1. The van der Waals surface area contributed by atoms with E-state index in [1.54, 1.807) is 4.90 Å². The number of hydrogen-bond donors (Lipinski definition) is 1. The molecule has 0 aliphatic carbocycles. The Morgan fingerprint density at radius 2 is 2.06 bits per heavy atom. The van der Waals surface area contributed by atoms with Crippen molar-refractivity contribution in [3.05, 3.63) is 0 Å². The Morgan fingerprint density at radius 3 is 2.53 bits per heavy atom. The molecule has 0 aromatic carbocycles. The lowest BCUT2D eigenvalue weighted by molar-refractivity contribution is 0.0130. The highest BCUT2D eigenvalue weighted by atomic mass is 16.6. The van der Waals surface area contributed by atoms with Crippen LogP contribution < -0.4 is 0 Å².